The van der Waals surface area contributed by atoms with Gasteiger partial charge in [-0.1, -0.05) is 53.7 Å². The maximum atomic E-state index is 12.4. The third kappa shape index (κ3) is 4.72. The number of hydrogen-bond donors (Lipinski definition) is 1. The van der Waals surface area contributed by atoms with Crippen molar-refractivity contribution in [2.45, 2.75) is 0 Å². The highest BCUT2D eigenvalue weighted by Crippen LogP contribution is 2.32. The van der Waals surface area contributed by atoms with Crippen molar-refractivity contribution in [3.05, 3.63) is 70.8 Å². The van der Waals surface area contributed by atoms with Crippen molar-refractivity contribution in [3.8, 4) is 5.75 Å². The second kappa shape index (κ2) is 8.86. The van der Waals surface area contributed by atoms with Crippen LogP contribution in [0.1, 0.15) is 5.56 Å². The first-order valence-corrected chi connectivity index (χ1v) is 10.8. The van der Waals surface area contributed by atoms with E-state index >= 15 is 0 Å². The summed E-state index contributed by atoms with van der Waals surface area (Å²) in [4.78, 5) is 16.5. The van der Waals surface area contributed by atoms with Crippen LogP contribution in [0.3, 0.4) is 0 Å². The van der Waals surface area contributed by atoms with E-state index in [1.807, 2.05) is 30.3 Å². The number of hydrazone groups is 1. The molecule has 0 aromatic heterocycles. The molecule has 1 amide bonds. The third-order valence-corrected chi connectivity index (χ3v) is 6.20. The molecule has 0 saturated carbocycles. The molecule has 0 unspecified atom stereocenters. The van der Waals surface area contributed by atoms with Crippen molar-refractivity contribution in [1.29, 1.82) is 5.41 Å². The molecular formula is C20H15ClN4O2S2. The van der Waals surface area contributed by atoms with E-state index < -0.39 is 5.91 Å². The number of carbonyl (C=O) groups excluding carboxylic acids is 1. The number of thioether (sulfide) groups is 2. The number of nitrogens with zero attached hydrogens (tertiary/aromatic N) is 3. The first-order chi connectivity index (χ1) is 14.1. The molecule has 2 aromatic rings. The predicted molar refractivity (Wildman–Crippen MR) is 121 cm³/mol. The van der Waals surface area contributed by atoms with Gasteiger partial charge in [0.1, 0.15) is 5.75 Å². The highest BCUT2D eigenvalue weighted by Gasteiger charge is 2.35. The van der Waals surface area contributed by atoms with Crippen LogP contribution in [-0.2, 0) is 4.79 Å². The normalized spacial score (nSPS) is 17.3. The van der Waals surface area contributed by atoms with Gasteiger partial charge < -0.3 is 4.74 Å². The molecule has 0 radical (unpaired) electrons. The number of benzene rings is 2. The summed E-state index contributed by atoms with van der Waals surface area (Å²) in [7, 11) is 0. The molecular weight excluding hydrogens is 428 g/mol. The minimum absolute atomic E-state index is 0.0126. The monoisotopic (exact) mass is 442 g/mol. The van der Waals surface area contributed by atoms with Crippen molar-refractivity contribution < 1.29 is 9.53 Å². The molecule has 2 aliphatic heterocycles. The van der Waals surface area contributed by atoms with Gasteiger partial charge in [-0.15, -0.1) is 5.10 Å². The average molecular weight is 443 g/mol. The molecule has 0 bridgehead atoms. The fourth-order valence-electron chi connectivity index (χ4n) is 2.56. The largest absolute Gasteiger partial charge is 0.493 e. The number of aliphatic imine (C=N–C) groups is 1. The van der Waals surface area contributed by atoms with E-state index in [1.165, 1.54) is 28.5 Å². The molecule has 0 fully saturated rings. The highest BCUT2D eigenvalue weighted by atomic mass is 35.5. The van der Waals surface area contributed by atoms with Gasteiger partial charge in [0, 0.05) is 10.8 Å². The van der Waals surface area contributed by atoms with E-state index in [9.17, 15) is 4.79 Å². The third-order valence-electron chi connectivity index (χ3n) is 3.94. The Labute approximate surface area is 181 Å². The summed E-state index contributed by atoms with van der Waals surface area (Å²) >= 11 is 8.68. The Kier molecular flexibility index (Phi) is 6.03. The fraction of sp³-hybridized carbons (Fsp3) is 0.100. The summed E-state index contributed by atoms with van der Waals surface area (Å²) in [5, 5.41) is 15.2. The number of hydrogen-bond acceptors (Lipinski definition) is 6. The van der Waals surface area contributed by atoms with E-state index in [0.29, 0.717) is 22.6 Å². The maximum absolute atomic E-state index is 12.4. The number of nitrogens with one attached hydrogen (secondary N) is 1. The highest BCUT2D eigenvalue weighted by molar-refractivity contribution is 8.45. The molecule has 29 heavy (non-hydrogen) atoms. The quantitative estimate of drug-likeness (QED) is 0.535. The molecule has 2 aliphatic rings. The number of fused-ring (bicyclic) bond motifs is 1. The van der Waals surface area contributed by atoms with Crippen LogP contribution in [0.2, 0.25) is 5.02 Å². The van der Waals surface area contributed by atoms with E-state index in [1.54, 1.807) is 30.3 Å². The molecule has 0 atom stereocenters. The van der Waals surface area contributed by atoms with Gasteiger partial charge in [0.05, 0.1) is 12.2 Å². The lowest BCUT2D eigenvalue weighted by atomic mass is 10.1. The van der Waals surface area contributed by atoms with Gasteiger partial charge >= 0.3 is 0 Å². The van der Waals surface area contributed by atoms with Crippen molar-refractivity contribution in [3.63, 3.8) is 0 Å². The van der Waals surface area contributed by atoms with Gasteiger partial charge in [-0.05, 0) is 47.7 Å². The Morgan fingerprint density at radius 1 is 1.17 bits per heavy atom. The summed E-state index contributed by atoms with van der Waals surface area (Å²) in [5.74, 6) is 1.08. The lowest BCUT2D eigenvalue weighted by Gasteiger charge is -2.20. The Morgan fingerprint density at radius 2 is 1.93 bits per heavy atom. The van der Waals surface area contributed by atoms with Gasteiger partial charge in [-0.2, -0.15) is 10.0 Å². The first kappa shape index (κ1) is 19.8. The van der Waals surface area contributed by atoms with Crippen LogP contribution in [0.15, 0.2) is 70.3 Å². The Bertz CT molecular complexity index is 1040. The topological polar surface area (TPSA) is 78.1 Å². The lowest BCUT2D eigenvalue weighted by molar-refractivity contribution is -0.114. The van der Waals surface area contributed by atoms with Crippen LogP contribution in [0, 0.1) is 5.41 Å². The van der Waals surface area contributed by atoms with Gasteiger partial charge in [0.15, 0.2) is 10.2 Å². The zero-order valence-corrected chi connectivity index (χ0v) is 17.4. The molecule has 9 heteroatoms. The number of amides is 1. The SMILES string of the molecule is N=C1C(=Cc2ccc(Cl)cc2)C(=O)N=C2SC(SCCOc3ccccc3)=NN12. The van der Waals surface area contributed by atoms with Crippen LogP contribution in [0.5, 0.6) is 5.75 Å². The number of rotatable bonds is 5. The number of carbonyl (C=O) groups is 1. The van der Waals surface area contributed by atoms with Gasteiger partial charge in [0.2, 0.25) is 5.17 Å². The second-order valence-electron chi connectivity index (χ2n) is 5.95. The van der Waals surface area contributed by atoms with E-state index in [2.05, 4.69) is 10.1 Å². The zero-order valence-electron chi connectivity index (χ0n) is 15.0. The van der Waals surface area contributed by atoms with E-state index in [0.717, 1.165) is 15.7 Å². The Balaban J connectivity index is 1.40. The predicted octanol–water partition coefficient (Wildman–Crippen LogP) is 4.73. The average Bonchev–Trinajstić information content (AvgIpc) is 3.13. The molecule has 1 N–H and O–H groups in total. The van der Waals surface area contributed by atoms with Crippen LogP contribution >= 0.6 is 35.1 Å². The summed E-state index contributed by atoms with van der Waals surface area (Å²) in [6, 6.07) is 16.6. The lowest BCUT2D eigenvalue weighted by Crippen LogP contribution is -2.35. The number of para-hydroxylation sites is 1. The van der Waals surface area contributed by atoms with Crippen molar-refractivity contribution in [1.82, 2.24) is 5.01 Å². The van der Waals surface area contributed by atoms with Crippen LogP contribution in [-0.4, -0.2) is 38.7 Å². The molecule has 0 saturated heterocycles. The minimum Gasteiger partial charge on any atom is -0.493 e. The fourth-order valence-corrected chi connectivity index (χ4v) is 4.51. The van der Waals surface area contributed by atoms with Crippen molar-refractivity contribution >= 4 is 62.5 Å². The molecule has 146 valence electrons. The van der Waals surface area contributed by atoms with Gasteiger partial charge in [-0.3, -0.25) is 10.2 Å². The van der Waals surface area contributed by atoms with Gasteiger partial charge in [0.25, 0.3) is 5.91 Å². The van der Waals surface area contributed by atoms with Crippen LogP contribution in [0.25, 0.3) is 6.08 Å². The number of halogens is 1. The number of amidine groups is 2. The molecule has 6 nitrogen and oxygen atoms in total. The van der Waals surface area contributed by atoms with E-state index in [4.69, 9.17) is 21.7 Å². The Morgan fingerprint density at radius 3 is 2.69 bits per heavy atom. The van der Waals surface area contributed by atoms with Crippen LogP contribution in [0.4, 0.5) is 0 Å². The molecule has 4 rings (SSSR count). The number of ether oxygens (including phenoxy) is 1. The van der Waals surface area contributed by atoms with Gasteiger partial charge in [-0.25, -0.2) is 0 Å². The van der Waals surface area contributed by atoms with Crippen molar-refractivity contribution in [2.24, 2.45) is 10.1 Å². The summed E-state index contributed by atoms with van der Waals surface area (Å²) < 4.78 is 6.40. The van der Waals surface area contributed by atoms with Crippen LogP contribution < -0.4 is 4.74 Å². The standard InChI is InChI=1S/C20H15ClN4O2S2/c21-14-8-6-13(7-9-14)12-16-17(22)25-19(23-18(16)26)29-20(24-25)28-11-10-27-15-4-2-1-3-5-15/h1-9,12,22H,10-11H2. The smallest absolute Gasteiger partial charge is 0.283 e. The van der Waals surface area contributed by atoms with E-state index in [-0.39, 0.29) is 11.4 Å². The second-order valence-corrected chi connectivity index (χ2v) is 8.68. The summed E-state index contributed by atoms with van der Waals surface area (Å²) in [5.41, 5.74) is 0.962. The Hall–Kier alpha value is -2.55. The van der Waals surface area contributed by atoms with Crippen molar-refractivity contribution in [2.75, 3.05) is 12.4 Å². The molecule has 2 aromatic carbocycles. The molecule has 0 spiro atoms. The molecule has 2 heterocycles. The molecule has 0 aliphatic carbocycles. The summed E-state index contributed by atoms with van der Waals surface area (Å²) in [6.07, 6.45) is 1.63. The first-order valence-electron chi connectivity index (χ1n) is 8.66. The maximum Gasteiger partial charge on any atom is 0.283 e. The zero-order chi connectivity index (χ0) is 20.2. The minimum atomic E-state index is -0.447. The summed E-state index contributed by atoms with van der Waals surface area (Å²) in [6.45, 7) is 0.527.